The third-order valence-electron chi connectivity index (χ3n) is 2.41. The average molecular weight is 317 g/mol. The van der Waals surface area contributed by atoms with E-state index in [0.717, 1.165) is 6.42 Å². The molecule has 1 amide bonds. The first-order valence-corrected chi connectivity index (χ1v) is 6.74. The minimum atomic E-state index is -0.311. The number of carbonyl (C=O) groups is 1. The van der Waals surface area contributed by atoms with Crippen molar-refractivity contribution in [1.82, 2.24) is 5.32 Å². The summed E-state index contributed by atoms with van der Waals surface area (Å²) < 4.78 is 13.5. The molecule has 0 unspecified atom stereocenters. The van der Waals surface area contributed by atoms with E-state index in [4.69, 9.17) is 0 Å². The molecule has 1 aromatic carbocycles. The maximum atomic E-state index is 12.9. The van der Waals surface area contributed by atoms with Gasteiger partial charge in [-0.25, -0.2) is 4.39 Å². The maximum absolute atomic E-state index is 12.9. The molecule has 18 heavy (non-hydrogen) atoms. The number of hydrogen-bond donors (Lipinski definition) is 2. The lowest BCUT2D eigenvalue weighted by Gasteiger charge is -2.10. The summed E-state index contributed by atoms with van der Waals surface area (Å²) in [6, 6.07) is 4.31. The quantitative estimate of drug-likeness (QED) is 0.846. The zero-order valence-electron chi connectivity index (χ0n) is 10.6. The van der Waals surface area contributed by atoms with E-state index < -0.39 is 0 Å². The zero-order valence-corrected chi connectivity index (χ0v) is 12.2. The van der Waals surface area contributed by atoms with E-state index in [1.165, 1.54) is 12.1 Å². The Morgan fingerprint density at radius 2 is 2.17 bits per heavy atom. The fourth-order valence-corrected chi connectivity index (χ4v) is 1.86. The van der Waals surface area contributed by atoms with Crippen LogP contribution in [0.25, 0.3) is 0 Å². The van der Waals surface area contributed by atoms with Crippen molar-refractivity contribution in [2.75, 3.05) is 18.4 Å². The van der Waals surface area contributed by atoms with Crippen molar-refractivity contribution in [3.8, 4) is 0 Å². The van der Waals surface area contributed by atoms with Gasteiger partial charge in [-0.2, -0.15) is 0 Å². The number of rotatable bonds is 6. The molecule has 1 rings (SSSR count). The fraction of sp³-hybridized carbons (Fsp3) is 0.462. The first-order chi connectivity index (χ1) is 8.49. The van der Waals surface area contributed by atoms with E-state index >= 15 is 0 Å². The third kappa shape index (κ3) is 5.49. The summed E-state index contributed by atoms with van der Waals surface area (Å²) >= 11 is 3.23. The van der Waals surface area contributed by atoms with E-state index in [0.29, 0.717) is 22.6 Å². The number of hydrogen-bond acceptors (Lipinski definition) is 2. The molecule has 2 N–H and O–H groups in total. The van der Waals surface area contributed by atoms with Gasteiger partial charge in [-0.15, -0.1) is 0 Å². The topological polar surface area (TPSA) is 41.1 Å². The Morgan fingerprint density at radius 1 is 1.44 bits per heavy atom. The van der Waals surface area contributed by atoms with Gasteiger partial charge in [0.05, 0.1) is 6.54 Å². The second-order valence-electron chi connectivity index (χ2n) is 4.51. The number of amides is 1. The van der Waals surface area contributed by atoms with Crippen LogP contribution in [0.15, 0.2) is 22.7 Å². The molecule has 0 saturated carbocycles. The lowest BCUT2D eigenvalue weighted by molar-refractivity contribution is -0.119. The van der Waals surface area contributed by atoms with Gasteiger partial charge >= 0.3 is 0 Å². The molecule has 0 atom stereocenters. The summed E-state index contributed by atoms with van der Waals surface area (Å²) in [5, 5.41) is 5.78. The third-order valence-corrected chi connectivity index (χ3v) is 3.07. The fourth-order valence-electron chi connectivity index (χ4n) is 1.37. The van der Waals surface area contributed by atoms with Gasteiger partial charge < -0.3 is 10.6 Å². The molecule has 3 nitrogen and oxygen atoms in total. The first kappa shape index (κ1) is 15.0. The van der Waals surface area contributed by atoms with Crippen molar-refractivity contribution >= 4 is 27.5 Å². The lowest BCUT2D eigenvalue weighted by atomic mass is 10.1. The Hall–Kier alpha value is -1.10. The van der Waals surface area contributed by atoms with Gasteiger partial charge in [0.25, 0.3) is 0 Å². The molecule has 100 valence electrons. The van der Waals surface area contributed by atoms with Crippen molar-refractivity contribution in [3.63, 3.8) is 0 Å². The normalized spacial score (nSPS) is 10.5. The highest BCUT2D eigenvalue weighted by atomic mass is 79.9. The van der Waals surface area contributed by atoms with Crippen molar-refractivity contribution in [3.05, 3.63) is 28.5 Å². The minimum absolute atomic E-state index is 0.0631. The molecular weight excluding hydrogens is 299 g/mol. The van der Waals surface area contributed by atoms with E-state index in [-0.39, 0.29) is 18.3 Å². The van der Waals surface area contributed by atoms with Crippen LogP contribution < -0.4 is 10.6 Å². The molecule has 0 saturated heterocycles. The van der Waals surface area contributed by atoms with Gasteiger partial charge in [0.2, 0.25) is 5.91 Å². The number of carbonyl (C=O) groups excluding carboxylic acids is 1. The predicted octanol–water partition coefficient (Wildman–Crippen LogP) is 3.16. The number of benzene rings is 1. The molecule has 0 aliphatic rings. The lowest BCUT2D eigenvalue weighted by Crippen LogP contribution is -2.31. The monoisotopic (exact) mass is 316 g/mol. The summed E-state index contributed by atoms with van der Waals surface area (Å²) in [7, 11) is 0. The number of nitrogens with one attached hydrogen (secondary N) is 2. The Labute approximate surface area is 115 Å². The smallest absolute Gasteiger partial charge is 0.239 e. The SMILES string of the molecule is CC(C)CCNC(=O)CNc1ccc(F)cc1Br. The number of anilines is 1. The molecule has 0 fully saturated rings. The van der Waals surface area contributed by atoms with Gasteiger partial charge in [0, 0.05) is 16.7 Å². The zero-order chi connectivity index (χ0) is 13.5. The molecule has 0 spiro atoms. The van der Waals surface area contributed by atoms with Crippen molar-refractivity contribution in [2.24, 2.45) is 5.92 Å². The summed E-state index contributed by atoms with van der Waals surface area (Å²) in [6.07, 6.45) is 0.964. The van der Waals surface area contributed by atoms with Crippen LogP contribution in [-0.2, 0) is 4.79 Å². The summed E-state index contributed by atoms with van der Waals surface area (Å²) in [4.78, 5) is 11.5. The van der Waals surface area contributed by atoms with E-state index in [1.54, 1.807) is 6.07 Å². The highest BCUT2D eigenvalue weighted by Crippen LogP contribution is 2.22. The van der Waals surface area contributed by atoms with Crippen molar-refractivity contribution in [2.45, 2.75) is 20.3 Å². The summed E-state index contributed by atoms with van der Waals surface area (Å²) in [5.41, 5.74) is 0.704. The standard InChI is InChI=1S/C13H18BrFN2O/c1-9(2)5-6-16-13(18)8-17-12-4-3-10(15)7-11(12)14/h3-4,7,9,17H,5-6,8H2,1-2H3,(H,16,18). The van der Waals surface area contributed by atoms with Gasteiger partial charge in [-0.1, -0.05) is 13.8 Å². The molecule has 0 aliphatic heterocycles. The van der Waals surface area contributed by atoms with Gasteiger partial charge in [-0.05, 0) is 46.5 Å². The molecule has 0 radical (unpaired) electrons. The van der Waals surface area contributed by atoms with Crippen LogP contribution in [0, 0.1) is 11.7 Å². The van der Waals surface area contributed by atoms with E-state index in [9.17, 15) is 9.18 Å². The van der Waals surface area contributed by atoms with Crippen molar-refractivity contribution in [1.29, 1.82) is 0 Å². The molecule has 5 heteroatoms. The van der Waals surface area contributed by atoms with Crippen LogP contribution in [0.2, 0.25) is 0 Å². The van der Waals surface area contributed by atoms with E-state index in [1.807, 2.05) is 0 Å². The Kier molecular flexibility index (Phi) is 6.12. The second kappa shape index (κ2) is 7.36. The van der Waals surface area contributed by atoms with E-state index in [2.05, 4.69) is 40.4 Å². The first-order valence-electron chi connectivity index (χ1n) is 5.94. The van der Waals surface area contributed by atoms with Crippen LogP contribution in [-0.4, -0.2) is 19.0 Å². The average Bonchev–Trinajstić information content (AvgIpc) is 2.27. The van der Waals surface area contributed by atoms with Crippen LogP contribution in [0.1, 0.15) is 20.3 Å². The van der Waals surface area contributed by atoms with Crippen LogP contribution >= 0.6 is 15.9 Å². The molecule has 0 aliphatic carbocycles. The highest BCUT2D eigenvalue weighted by Gasteiger charge is 2.04. The minimum Gasteiger partial charge on any atom is -0.375 e. The van der Waals surface area contributed by atoms with Gasteiger partial charge in [0.1, 0.15) is 5.82 Å². The molecular formula is C13H18BrFN2O. The maximum Gasteiger partial charge on any atom is 0.239 e. The molecule has 0 heterocycles. The largest absolute Gasteiger partial charge is 0.375 e. The number of halogens is 2. The Balaban J connectivity index is 2.33. The molecule has 0 bridgehead atoms. The van der Waals surface area contributed by atoms with Crippen molar-refractivity contribution < 1.29 is 9.18 Å². The van der Waals surface area contributed by atoms with Gasteiger partial charge in [0.15, 0.2) is 0 Å². The van der Waals surface area contributed by atoms with Crippen LogP contribution in [0.4, 0.5) is 10.1 Å². The second-order valence-corrected chi connectivity index (χ2v) is 5.36. The van der Waals surface area contributed by atoms with Gasteiger partial charge in [-0.3, -0.25) is 4.79 Å². The molecule has 1 aromatic rings. The van der Waals surface area contributed by atoms with Crippen LogP contribution in [0.3, 0.4) is 0 Å². The Morgan fingerprint density at radius 3 is 2.78 bits per heavy atom. The molecule has 0 aromatic heterocycles. The summed E-state index contributed by atoms with van der Waals surface area (Å²) in [5.74, 6) is 0.199. The Bertz CT molecular complexity index is 410. The predicted molar refractivity (Wildman–Crippen MR) is 75.1 cm³/mol. The highest BCUT2D eigenvalue weighted by molar-refractivity contribution is 9.10. The van der Waals surface area contributed by atoms with Crippen LogP contribution in [0.5, 0.6) is 0 Å². The summed E-state index contributed by atoms with van der Waals surface area (Å²) in [6.45, 7) is 5.09.